The van der Waals surface area contributed by atoms with Crippen LogP contribution in [-0.4, -0.2) is 36.2 Å². The minimum absolute atomic E-state index is 0.0481. The van der Waals surface area contributed by atoms with Gasteiger partial charge in [-0.1, -0.05) is 0 Å². The molecule has 0 atom stereocenters. The molecule has 0 N–H and O–H groups in total. The van der Waals surface area contributed by atoms with Crippen LogP contribution in [0.15, 0.2) is 18.3 Å². The summed E-state index contributed by atoms with van der Waals surface area (Å²) < 4.78 is 43.1. The van der Waals surface area contributed by atoms with Crippen molar-refractivity contribution in [3.8, 4) is 5.75 Å². The molecule has 0 aromatic carbocycles. The van der Waals surface area contributed by atoms with E-state index in [0.717, 1.165) is 4.90 Å². The first-order chi connectivity index (χ1) is 8.83. The van der Waals surface area contributed by atoms with E-state index >= 15 is 0 Å². The zero-order valence-corrected chi connectivity index (χ0v) is 11.5. The van der Waals surface area contributed by atoms with Gasteiger partial charge in [0.25, 0.3) is 0 Å². The fourth-order valence-electron chi connectivity index (χ4n) is 1.54. The van der Waals surface area contributed by atoms with Gasteiger partial charge in [0.05, 0.1) is 6.10 Å². The van der Waals surface area contributed by atoms with Gasteiger partial charge in [-0.2, -0.15) is 13.2 Å². The van der Waals surface area contributed by atoms with Crippen molar-refractivity contribution in [1.82, 2.24) is 4.98 Å². The van der Waals surface area contributed by atoms with Crippen LogP contribution >= 0.6 is 11.6 Å². The van der Waals surface area contributed by atoms with Gasteiger partial charge in [-0.3, -0.25) is 0 Å². The SMILES string of the molecule is CC(C)Oc1cccnc1N(CCCl)CC(F)(F)F. The van der Waals surface area contributed by atoms with E-state index in [0.29, 0.717) is 5.75 Å². The molecule has 0 spiro atoms. The topological polar surface area (TPSA) is 25.4 Å². The summed E-state index contributed by atoms with van der Waals surface area (Å²) in [7, 11) is 0. The zero-order valence-electron chi connectivity index (χ0n) is 10.7. The van der Waals surface area contributed by atoms with Crippen molar-refractivity contribution >= 4 is 17.4 Å². The molecule has 108 valence electrons. The van der Waals surface area contributed by atoms with E-state index in [1.165, 1.54) is 6.20 Å². The van der Waals surface area contributed by atoms with E-state index in [1.807, 2.05) is 0 Å². The average molecular weight is 297 g/mol. The molecule has 1 aromatic rings. The highest BCUT2D eigenvalue weighted by molar-refractivity contribution is 6.18. The van der Waals surface area contributed by atoms with Crippen LogP contribution in [0.3, 0.4) is 0 Å². The number of hydrogen-bond donors (Lipinski definition) is 0. The lowest BCUT2D eigenvalue weighted by atomic mass is 10.3. The predicted octanol–water partition coefficient (Wildman–Crippen LogP) is 3.48. The van der Waals surface area contributed by atoms with Gasteiger partial charge in [-0.25, -0.2) is 4.98 Å². The van der Waals surface area contributed by atoms with Crippen LogP contribution in [0.4, 0.5) is 19.0 Å². The molecule has 0 radical (unpaired) electrons. The van der Waals surface area contributed by atoms with Gasteiger partial charge in [-0.05, 0) is 26.0 Å². The number of rotatable bonds is 6. The number of hydrogen-bond acceptors (Lipinski definition) is 3. The largest absolute Gasteiger partial charge is 0.487 e. The van der Waals surface area contributed by atoms with Crippen molar-refractivity contribution in [2.45, 2.75) is 26.1 Å². The van der Waals surface area contributed by atoms with E-state index in [2.05, 4.69) is 4.98 Å². The van der Waals surface area contributed by atoms with Gasteiger partial charge < -0.3 is 9.64 Å². The van der Waals surface area contributed by atoms with Crippen LogP contribution in [-0.2, 0) is 0 Å². The van der Waals surface area contributed by atoms with Crippen LogP contribution in [0.1, 0.15) is 13.8 Å². The molecule has 0 amide bonds. The molecule has 0 aliphatic heterocycles. The summed E-state index contributed by atoms with van der Waals surface area (Å²) in [6, 6.07) is 3.22. The van der Waals surface area contributed by atoms with Crippen molar-refractivity contribution in [2.75, 3.05) is 23.9 Å². The number of aromatic nitrogens is 1. The van der Waals surface area contributed by atoms with Crippen LogP contribution in [0.25, 0.3) is 0 Å². The van der Waals surface area contributed by atoms with Crippen molar-refractivity contribution < 1.29 is 17.9 Å². The summed E-state index contributed by atoms with van der Waals surface area (Å²) in [5.74, 6) is 0.564. The number of pyridine rings is 1. The first kappa shape index (κ1) is 15.9. The summed E-state index contributed by atoms with van der Waals surface area (Å²) in [6.07, 6.45) is -3.04. The minimum Gasteiger partial charge on any atom is -0.487 e. The van der Waals surface area contributed by atoms with Crippen LogP contribution < -0.4 is 9.64 Å². The Morgan fingerprint density at radius 1 is 1.42 bits per heavy atom. The van der Waals surface area contributed by atoms with Crippen molar-refractivity contribution in [3.63, 3.8) is 0 Å². The summed E-state index contributed by atoms with van der Waals surface area (Å²) in [6.45, 7) is 2.54. The maximum atomic E-state index is 12.6. The highest BCUT2D eigenvalue weighted by Crippen LogP contribution is 2.29. The highest BCUT2D eigenvalue weighted by atomic mass is 35.5. The molecule has 0 unspecified atom stereocenters. The molecule has 0 fully saturated rings. The van der Waals surface area contributed by atoms with E-state index in [1.54, 1.807) is 26.0 Å². The minimum atomic E-state index is -4.32. The zero-order chi connectivity index (χ0) is 14.5. The van der Waals surface area contributed by atoms with Gasteiger partial charge in [0.2, 0.25) is 0 Å². The molecule has 0 aliphatic rings. The molecular formula is C12H16ClF3N2O. The Balaban J connectivity index is 3.00. The van der Waals surface area contributed by atoms with Gasteiger partial charge in [0.1, 0.15) is 6.54 Å². The van der Waals surface area contributed by atoms with Crippen molar-refractivity contribution in [3.05, 3.63) is 18.3 Å². The van der Waals surface area contributed by atoms with E-state index in [-0.39, 0.29) is 24.3 Å². The second kappa shape index (κ2) is 6.84. The van der Waals surface area contributed by atoms with Gasteiger partial charge in [0, 0.05) is 18.6 Å². The maximum Gasteiger partial charge on any atom is 0.405 e. The molecule has 1 heterocycles. The molecule has 3 nitrogen and oxygen atoms in total. The van der Waals surface area contributed by atoms with Crippen LogP contribution in [0.5, 0.6) is 5.75 Å². The number of alkyl halides is 4. The molecule has 0 bridgehead atoms. The molecule has 0 aliphatic carbocycles. The molecule has 1 rings (SSSR count). The number of ether oxygens (including phenoxy) is 1. The maximum absolute atomic E-state index is 12.6. The molecule has 7 heteroatoms. The first-order valence-corrected chi connectivity index (χ1v) is 6.36. The first-order valence-electron chi connectivity index (χ1n) is 5.83. The lowest BCUT2D eigenvalue weighted by Gasteiger charge is -2.26. The average Bonchev–Trinajstić information content (AvgIpc) is 2.26. The Morgan fingerprint density at radius 3 is 2.63 bits per heavy atom. The monoisotopic (exact) mass is 296 g/mol. The normalized spacial score (nSPS) is 11.7. The molecule has 0 saturated heterocycles. The number of anilines is 1. The molecular weight excluding hydrogens is 281 g/mol. The fraction of sp³-hybridized carbons (Fsp3) is 0.583. The Morgan fingerprint density at radius 2 is 2.11 bits per heavy atom. The van der Waals surface area contributed by atoms with Crippen molar-refractivity contribution in [2.24, 2.45) is 0 Å². The quantitative estimate of drug-likeness (QED) is 0.752. The van der Waals surface area contributed by atoms with Crippen LogP contribution in [0, 0.1) is 0 Å². The Labute approximate surface area is 115 Å². The molecule has 1 aromatic heterocycles. The van der Waals surface area contributed by atoms with Crippen molar-refractivity contribution in [1.29, 1.82) is 0 Å². The third kappa shape index (κ3) is 5.55. The van der Waals surface area contributed by atoms with Gasteiger partial charge in [-0.15, -0.1) is 11.6 Å². The van der Waals surface area contributed by atoms with E-state index < -0.39 is 12.7 Å². The Kier molecular flexibility index (Phi) is 5.72. The van der Waals surface area contributed by atoms with E-state index in [9.17, 15) is 13.2 Å². The lowest BCUT2D eigenvalue weighted by Crippen LogP contribution is -2.36. The predicted molar refractivity (Wildman–Crippen MR) is 69.0 cm³/mol. The fourth-order valence-corrected chi connectivity index (χ4v) is 1.75. The Bertz CT molecular complexity index is 399. The molecule has 19 heavy (non-hydrogen) atoms. The standard InChI is InChI=1S/C12H16ClF3N2O/c1-9(2)19-10-4-3-6-17-11(10)18(7-5-13)8-12(14,15)16/h3-4,6,9H,5,7-8H2,1-2H3. The van der Waals surface area contributed by atoms with Gasteiger partial charge >= 0.3 is 6.18 Å². The second-order valence-corrected chi connectivity index (χ2v) is 4.60. The number of nitrogens with zero attached hydrogens (tertiary/aromatic N) is 2. The lowest BCUT2D eigenvalue weighted by molar-refractivity contribution is -0.119. The second-order valence-electron chi connectivity index (χ2n) is 4.22. The highest BCUT2D eigenvalue weighted by Gasteiger charge is 2.32. The number of halogens is 4. The third-order valence-electron chi connectivity index (χ3n) is 2.14. The van der Waals surface area contributed by atoms with Gasteiger partial charge in [0.15, 0.2) is 11.6 Å². The summed E-state index contributed by atoms with van der Waals surface area (Å²) >= 11 is 5.56. The summed E-state index contributed by atoms with van der Waals surface area (Å²) in [5, 5.41) is 0. The summed E-state index contributed by atoms with van der Waals surface area (Å²) in [4.78, 5) is 5.05. The third-order valence-corrected chi connectivity index (χ3v) is 2.31. The Hall–Kier alpha value is -1.17. The smallest absolute Gasteiger partial charge is 0.405 e. The van der Waals surface area contributed by atoms with Crippen LogP contribution in [0.2, 0.25) is 0 Å². The summed E-state index contributed by atoms with van der Waals surface area (Å²) in [5.41, 5.74) is 0. The molecule has 0 saturated carbocycles. The van der Waals surface area contributed by atoms with E-state index in [4.69, 9.17) is 16.3 Å².